The molecule has 0 radical (unpaired) electrons. The number of nitrogens with zero attached hydrogens (tertiary/aromatic N) is 2. The molecule has 0 aliphatic rings. The van der Waals surface area contributed by atoms with Gasteiger partial charge in [-0.05, 0) is 42.0 Å². The zero-order valence-corrected chi connectivity index (χ0v) is 16.8. The van der Waals surface area contributed by atoms with E-state index in [1.54, 1.807) is 26.6 Å². The summed E-state index contributed by atoms with van der Waals surface area (Å²) in [5, 5.41) is 3.81. The number of para-hydroxylation sites is 1. The van der Waals surface area contributed by atoms with Crippen molar-refractivity contribution in [1.29, 1.82) is 0 Å². The lowest BCUT2D eigenvalue weighted by Gasteiger charge is -2.12. The van der Waals surface area contributed by atoms with Crippen LogP contribution in [0.5, 0.6) is 11.5 Å². The Morgan fingerprint density at radius 3 is 2.47 bits per heavy atom. The molecule has 2 aromatic heterocycles. The lowest BCUT2D eigenvalue weighted by atomic mass is 10.0. The van der Waals surface area contributed by atoms with Crippen LogP contribution in [0.1, 0.15) is 15.9 Å². The van der Waals surface area contributed by atoms with E-state index in [1.807, 2.05) is 60.7 Å². The Morgan fingerprint density at radius 2 is 1.70 bits per heavy atom. The van der Waals surface area contributed by atoms with Gasteiger partial charge in [-0.1, -0.05) is 24.3 Å². The lowest BCUT2D eigenvalue weighted by molar-refractivity contribution is 0.0952. The molecular formula is C24H21N3O3. The monoisotopic (exact) mass is 399 g/mol. The molecule has 0 bridgehead atoms. The summed E-state index contributed by atoms with van der Waals surface area (Å²) in [6, 6.07) is 18.8. The fraction of sp³-hybridized carbons (Fsp3) is 0.125. The summed E-state index contributed by atoms with van der Waals surface area (Å²) in [6.45, 7) is 0.362. The molecular weight excluding hydrogens is 378 g/mol. The van der Waals surface area contributed by atoms with Crippen molar-refractivity contribution in [3.05, 3.63) is 84.2 Å². The summed E-state index contributed by atoms with van der Waals surface area (Å²) in [6.07, 6.45) is 3.42. The first-order chi connectivity index (χ1) is 14.7. The van der Waals surface area contributed by atoms with Crippen LogP contribution in [-0.4, -0.2) is 30.1 Å². The second-order valence-corrected chi connectivity index (χ2v) is 6.68. The number of rotatable bonds is 6. The van der Waals surface area contributed by atoms with Gasteiger partial charge in [0.1, 0.15) is 0 Å². The second-order valence-electron chi connectivity index (χ2n) is 6.68. The van der Waals surface area contributed by atoms with E-state index in [-0.39, 0.29) is 5.91 Å². The Balaban J connectivity index is 1.64. The van der Waals surface area contributed by atoms with Crippen LogP contribution in [0.3, 0.4) is 0 Å². The number of hydrogen-bond donors (Lipinski definition) is 1. The smallest absolute Gasteiger partial charge is 0.252 e. The van der Waals surface area contributed by atoms with Crippen molar-refractivity contribution in [2.75, 3.05) is 14.2 Å². The Labute approximate surface area is 174 Å². The molecule has 2 aromatic carbocycles. The first-order valence-electron chi connectivity index (χ1n) is 9.49. The third-order valence-corrected chi connectivity index (χ3v) is 4.84. The van der Waals surface area contributed by atoms with Gasteiger partial charge in [0.05, 0.1) is 31.0 Å². The van der Waals surface area contributed by atoms with Gasteiger partial charge in [-0.2, -0.15) is 0 Å². The molecule has 6 nitrogen and oxygen atoms in total. The summed E-state index contributed by atoms with van der Waals surface area (Å²) in [7, 11) is 3.18. The number of amides is 1. The number of carbonyl (C=O) groups is 1. The van der Waals surface area contributed by atoms with Crippen LogP contribution in [0.25, 0.3) is 22.2 Å². The van der Waals surface area contributed by atoms with Crippen LogP contribution < -0.4 is 14.8 Å². The van der Waals surface area contributed by atoms with Crippen LogP contribution in [0.15, 0.2) is 73.1 Å². The highest BCUT2D eigenvalue weighted by Crippen LogP contribution is 2.28. The van der Waals surface area contributed by atoms with Crippen molar-refractivity contribution in [3.8, 4) is 22.8 Å². The quantitative estimate of drug-likeness (QED) is 0.525. The minimum atomic E-state index is -0.168. The molecule has 0 spiro atoms. The lowest BCUT2D eigenvalue weighted by Crippen LogP contribution is -2.23. The van der Waals surface area contributed by atoms with Crippen molar-refractivity contribution in [3.63, 3.8) is 0 Å². The third-order valence-electron chi connectivity index (χ3n) is 4.84. The second kappa shape index (κ2) is 8.61. The van der Waals surface area contributed by atoms with Gasteiger partial charge in [-0.25, -0.2) is 4.98 Å². The summed E-state index contributed by atoms with van der Waals surface area (Å²) in [5.74, 6) is 1.10. The topological polar surface area (TPSA) is 73.3 Å². The van der Waals surface area contributed by atoms with E-state index in [9.17, 15) is 4.79 Å². The summed E-state index contributed by atoms with van der Waals surface area (Å²) >= 11 is 0. The highest BCUT2D eigenvalue weighted by molar-refractivity contribution is 6.07. The molecule has 0 atom stereocenters. The maximum Gasteiger partial charge on any atom is 0.252 e. The Bertz CT molecular complexity index is 1190. The fourth-order valence-corrected chi connectivity index (χ4v) is 3.30. The van der Waals surface area contributed by atoms with E-state index in [4.69, 9.17) is 14.5 Å². The minimum Gasteiger partial charge on any atom is -0.493 e. The van der Waals surface area contributed by atoms with E-state index in [0.717, 1.165) is 27.7 Å². The molecule has 1 N–H and O–H groups in total. The molecule has 4 aromatic rings. The van der Waals surface area contributed by atoms with E-state index in [2.05, 4.69) is 10.3 Å². The van der Waals surface area contributed by atoms with Crippen LogP contribution in [0.2, 0.25) is 0 Å². The van der Waals surface area contributed by atoms with Gasteiger partial charge in [0, 0.05) is 29.9 Å². The predicted octanol–water partition coefficient (Wildman–Crippen LogP) is 4.24. The van der Waals surface area contributed by atoms with Crippen LogP contribution in [-0.2, 0) is 6.54 Å². The van der Waals surface area contributed by atoms with Gasteiger partial charge in [-0.3, -0.25) is 9.78 Å². The first-order valence-corrected chi connectivity index (χ1v) is 9.49. The normalized spacial score (nSPS) is 10.6. The van der Waals surface area contributed by atoms with Crippen molar-refractivity contribution in [1.82, 2.24) is 15.3 Å². The zero-order chi connectivity index (χ0) is 20.9. The van der Waals surface area contributed by atoms with Gasteiger partial charge < -0.3 is 14.8 Å². The van der Waals surface area contributed by atoms with E-state index < -0.39 is 0 Å². The van der Waals surface area contributed by atoms with Crippen molar-refractivity contribution >= 4 is 16.8 Å². The summed E-state index contributed by atoms with van der Waals surface area (Å²) in [4.78, 5) is 21.9. The molecule has 150 valence electrons. The largest absolute Gasteiger partial charge is 0.493 e. The molecule has 0 aliphatic carbocycles. The average molecular weight is 399 g/mol. The Morgan fingerprint density at radius 1 is 0.933 bits per heavy atom. The third kappa shape index (κ3) is 3.93. The Hall–Kier alpha value is -3.93. The fourth-order valence-electron chi connectivity index (χ4n) is 3.30. The number of ether oxygens (including phenoxy) is 2. The SMILES string of the molecule is COc1ccc(CNC(=O)c2cc(-c3ccncc3)nc3ccccc23)cc1OC. The van der Waals surface area contributed by atoms with Crippen molar-refractivity contribution in [2.45, 2.75) is 6.54 Å². The molecule has 30 heavy (non-hydrogen) atoms. The number of carbonyl (C=O) groups excluding carboxylic acids is 1. The van der Waals surface area contributed by atoms with Gasteiger partial charge in [-0.15, -0.1) is 0 Å². The van der Waals surface area contributed by atoms with Crippen molar-refractivity contribution in [2.24, 2.45) is 0 Å². The maximum absolute atomic E-state index is 13.1. The molecule has 0 unspecified atom stereocenters. The number of nitrogens with one attached hydrogen (secondary N) is 1. The van der Waals surface area contributed by atoms with Crippen molar-refractivity contribution < 1.29 is 14.3 Å². The molecule has 0 saturated heterocycles. The number of aromatic nitrogens is 2. The van der Waals surface area contributed by atoms with Gasteiger partial charge in [0.2, 0.25) is 0 Å². The minimum absolute atomic E-state index is 0.168. The first kappa shape index (κ1) is 19.4. The van der Waals surface area contributed by atoms with Crippen LogP contribution in [0, 0.1) is 0 Å². The molecule has 4 rings (SSSR count). The number of hydrogen-bond acceptors (Lipinski definition) is 5. The molecule has 0 saturated carbocycles. The van der Waals surface area contributed by atoms with E-state index in [0.29, 0.717) is 23.6 Å². The van der Waals surface area contributed by atoms with E-state index >= 15 is 0 Å². The molecule has 0 fully saturated rings. The zero-order valence-electron chi connectivity index (χ0n) is 16.8. The maximum atomic E-state index is 13.1. The van der Waals surface area contributed by atoms with Gasteiger partial charge in [0.25, 0.3) is 5.91 Å². The van der Waals surface area contributed by atoms with E-state index in [1.165, 1.54) is 0 Å². The summed E-state index contributed by atoms with van der Waals surface area (Å²) < 4.78 is 10.6. The number of fused-ring (bicyclic) bond motifs is 1. The molecule has 2 heterocycles. The number of pyridine rings is 2. The molecule has 0 aliphatic heterocycles. The van der Waals surface area contributed by atoms with Crippen LogP contribution >= 0.6 is 0 Å². The summed E-state index contributed by atoms with van der Waals surface area (Å²) in [5.41, 5.74) is 3.89. The Kier molecular flexibility index (Phi) is 5.57. The average Bonchev–Trinajstić information content (AvgIpc) is 2.82. The van der Waals surface area contributed by atoms with Gasteiger partial charge in [0.15, 0.2) is 11.5 Å². The number of benzene rings is 2. The molecule has 1 amide bonds. The highest BCUT2D eigenvalue weighted by atomic mass is 16.5. The van der Waals surface area contributed by atoms with Gasteiger partial charge >= 0.3 is 0 Å². The highest BCUT2D eigenvalue weighted by Gasteiger charge is 2.14. The molecule has 6 heteroatoms. The standard InChI is InChI=1S/C24H21N3O3/c1-29-22-8-7-16(13-23(22)30-2)15-26-24(28)19-14-21(17-9-11-25-12-10-17)27-20-6-4-3-5-18(19)20/h3-14H,15H2,1-2H3,(H,26,28). The van der Waals surface area contributed by atoms with Crippen LogP contribution in [0.4, 0.5) is 0 Å². The number of methoxy groups -OCH3 is 2. The predicted molar refractivity (Wildman–Crippen MR) is 116 cm³/mol.